The number of esters is 1. The minimum Gasteiger partial charge on any atom is -0.465 e. The van der Waals surface area contributed by atoms with Crippen LogP contribution < -0.4 is 0 Å². The maximum absolute atomic E-state index is 12.2. The summed E-state index contributed by atoms with van der Waals surface area (Å²) < 4.78 is 11.1. The van der Waals surface area contributed by atoms with Crippen molar-refractivity contribution in [1.29, 1.82) is 0 Å². The van der Waals surface area contributed by atoms with E-state index in [4.69, 9.17) is 4.42 Å². The molecule has 0 saturated heterocycles. The van der Waals surface area contributed by atoms with Crippen LogP contribution in [-0.4, -0.2) is 30.9 Å². The number of rotatable bonds is 4. The van der Waals surface area contributed by atoms with Gasteiger partial charge < -0.3 is 14.1 Å². The number of ether oxygens (including phenoxy) is 1. The molecule has 1 amide bonds. The largest absolute Gasteiger partial charge is 0.465 e. The van der Waals surface area contributed by atoms with Gasteiger partial charge in [0, 0.05) is 12.4 Å². The van der Waals surface area contributed by atoms with Crippen LogP contribution in [0.5, 0.6) is 0 Å². The second-order valence-corrected chi connectivity index (χ2v) is 6.77. The van der Waals surface area contributed by atoms with Gasteiger partial charge in [-0.3, -0.25) is 4.79 Å². The molecular formula is C14H14BrNO4S. The van der Waals surface area contributed by atoms with Crippen LogP contribution in [0.15, 0.2) is 25.7 Å². The van der Waals surface area contributed by atoms with Crippen molar-refractivity contribution < 1.29 is 18.7 Å². The van der Waals surface area contributed by atoms with E-state index >= 15 is 0 Å². The number of nitrogens with zero attached hydrogens (tertiary/aromatic N) is 1. The van der Waals surface area contributed by atoms with Crippen LogP contribution in [0.4, 0.5) is 0 Å². The minimum absolute atomic E-state index is 0.106. The zero-order chi connectivity index (χ0) is 15.6. The lowest BCUT2D eigenvalue weighted by atomic mass is 10.2. The monoisotopic (exact) mass is 371 g/mol. The van der Waals surface area contributed by atoms with Crippen LogP contribution >= 0.6 is 27.3 Å². The molecule has 2 heterocycles. The number of carbonyl (C=O) groups excluding carboxylic acids is 2. The van der Waals surface area contributed by atoms with Gasteiger partial charge in [0.25, 0.3) is 5.91 Å². The molecular weight excluding hydrogens is 358 g/mol. The summed E-state index contributed by atoms with van der Waals surface area (Å²) in [5, 5.41) is 1.79. The molecule has 0 unspecified atom stereocenters. The first-order chi connectivity index (χ1) is 9.92. The van der Waals surface area contributed by atoms with E-state index in [0.717, 1.165) is 3.79 Å². The number of halogens is 1. The minimum atomic E-state index is -0.446. The first-order valence-electron chi connectivity index (χ1n) is 6.09. The molecule has 0 aromatic carbocycles. The van der Waals surface area contributed by atoms with Gasteiger partial charge in [0.05, 0.1) is 23.0 Å². The van der Waals surface area contributed by atoms with Gasteiger partial charge in [-0.05, 0) is 35.0 Å². The molecule has 2 aromatic rings. The van der Waals surface area contributed by atoms with Crippen molar-refractivity contribution in [2.24, 2.45) is 0 Å². The molecule has 0 aliphatic rings. The molecule has 0 spiro atoms. The Morgan fingerprint density at radius 3 is 2.71 bits per heavy atom. The van der Waals surface area contributed by atoms with E-state index in [1.807, 2.05) is 0 Å². The van der Waals surface area contributed by atoms with E-state index < -0.39 is 5.97 Å². The molecule has 0 N–H and O–H groups in total. The first-order valence-corrected chi connectivity index (χ1v) is 7.76. The van der Waals surface area contributed by atoms with Crippen molar-refractivity contribution in [3.63, 3.8) is 0 Å². The zero-order valence-corrected chi connectivity index (χ0v) is 14.2. The van der Waals surface area contributed by atoms with Crippen molar-refractivity contribution in [3.8, 4) is 0 Å². The second-order valence-electron chi connectivity index (χ2n) is 4.47. The predicted molar refractivity (Wildman–Crippen MR) is 82.6 cm³/mol. The highest BCUT2D eigenvalue weighted by Gasteiger charge is 2.19. The van der Waals surface area contributed by atoms with E-state index in [2.05, 4.69) is 20.7 Å². The molecule has 0 atom stereocenters. The fourth-order valence-corrected chi connectivity index (χ4v) is 3.01. The number of aryl methyl sites for hydroxylation is 1. The van der Waals surface area contributed by atoms with Crippen molar-refractivity contribution in [1.82, 2.24) is 4.90 Å². The summed E-state index contributed by atoms with van der Waals surface area (Å²) in [7, 11) is 3.00. The third-order valence-corrected chi connectivity index (χ3v) is 4.43. The fraction of sp³-hybridized carbons (Fsp3) is 0.286. The van der Waals surface area contributed by atoms with Crippen molar-refractivity contribution in [2.45, 2.75) is 13.5 Å². The topological polar surface area (TPSA) is 59.8 Å². The standard InChI is InChI=1S/C14H14BrNO4S/c1-8-11(14(18)19-3)5-10(20-8)6-16(2)13(17)9-4-12(15)21-7-9/h4-5,7H,6H2,1-3H3. The van der Waals surface area contributed by atoms with E-state index in [9.17, 15) is 9.59 Å². The van der Waals surface area contributed by atoms with Gasteiger partial charge in [-0.15, -0.1) is 11.3 Å². The Morgan fingerprint density at radius 1 is 1.43 bits per heavy atom. The number of hydrogen-bond donors (Lipinski definition) is 0. The van der Waals surface area contributed by atoms with Gasteiger partial charge in [-0.2, -0.15) is 0 Å². The maximum atomic E-state index is 12.2. The molecule has 0 fully saturated rings. The summed E-state index contributed by atoms with van der Waals surface area (Å²) in [6.45, 7) is 1.97. The summed E-state index contributed by atoms with van der Waals surface area (Å²) in [5.74, 6) is 0.470. The quantitative estimate of drug-likeness (QED) is 0.772. The van der Waals surface area contributed by atoms with Crippen LogP contribution in [0.2, 0.25) is 0 Å². The zero-order valence-electron chi connectivity index (χ0n) is 11.8. The Bertz CT molecular complexity index is 676. The normalized spacial score (nSPS) is 10.5. The number of hydrogen-bond acceptors (Lipinski definition) is 5. The van der Waals surface area contributed by atoms with Gasteiger partial charge in [-0.25, -0.2) is 4.79 Å². The predicted octanol–water partition coefficient (Wildman–Crippen LogP) is 3.47. The second kappa shape index (κ2) is 6.44. The summed E-state index contributed by atoms with van der Waals surface area (Å²) >= 11 is 4.79. The highest BCUT2D eigenvalue weighted by Crippen LogP contribution is 2.22. The summed E-state index contributed by atoms with van der Waals surface area (Å²) in [4.78, 5) is 25.3. The highest BCUT2D eigenvalue weighted by atomic mass is 79.9. The Morgan fingerprint density at radius 2 is 2.14 bits per heavy atom. The molecule has 21 heavy (non-hydrogen) atoms. The number of methoxy groups -OCH3 is 1. The Labute approximate surface area is 134 Å². The van der Waals surface area contributed by atoms with E-state index in [0.29, 0.717) is 22.6 Å². The lowest BCUT2D eigenvalue weighted by molar-refractivity contribution is 0.0598. The van der Waals surface area contributed by atoms with Crippen LogP contribution in [0.25, 0.3) is 0 Å². The third-order valence-electron chi connectivity index (χ3n) is 2.93. The number of thiophene rings is 1. The van der Waals surface area contributed by atoms with Crippen molar-refractivity contribution >= 4 is 39.1 Å². The van der Waals surface area contributed by atoms with Crippen LogP contribution in [0.1, 0.15) is 32.2 Å². The Balaban J connectivity index is 2.11. The average molecular weight is 372 g/mol. The van der Waals surface area contributed by atoms with Gasteiger partial charge in [0.15, 0.2) is 0 Å². The molecule has 0 aliphatic carbocycles. The molecule has 2 aromatic heterocycles. The molecule has 7 heteroatoms. The van der Waals surface area contributed by atoms with Crippen molar-refractivity contribution in [2.75, 3.05) is 14.2 Å². The smallest absolute Gasteiger partial charge is 0.341 e. The molecule has 0 radical (unpaired) electrons. The molecule has 0 aliphatic heterocycles. The van der Waals surface area contributed by atoms with Crippen LogP contribution in [0.3, 0.4) is 0 Å². The number of furan rings is 1. The SMILES string of the molecule is COC(=O)c1cc(CN(C)C(=O)c2csc(Br)c2)oc1C. The highest BCUT2D eigenvalue weighted by molar-refractivity contribution is 9.11. The summed E-state index contributed by atoms with van der Waals surface area (Å²) in [6.07, 6.45) is 0. The molecule has 5 nitrogen and oxygen atoms in total. The van der Waals surface area contributed by atoms with E-state index in [-0.39, 0.29) is 12.5 Å². The van der Waals surface area contributed by atoms with Gasteiger partial charge in [0.2, 0.25) is 0 Å². The van der Waals surface area contributed by atoms with Crippen LogP contribution in [-0.2, 0) is 11.3 Å². The summed E-state index contributed by atoms with van der Waals surface area (Å²) in [6, 6.07) is 3.38. The van der Waals surface area contributed by atoms with Gasteiger partial charge in [-0.1, -0.05) is 0 Å². The Hall–Kier alpha value is -1.60. The fourth-order valence-electron chi connectivity index (χ4n) is 1.88. The van der Waals surface area contributed by atoms with Crippen molar-refractivity contribution in [3.05, 3.63) is 43.9 Å². The van der Waals surface area contributed by atoms with Crippen LogP contribution in [0, 0.1) is 6.92 Å². The Kier molecular flexibility index (Phi) is 4.84. The first kappa shape index (κ1) is 15.8. The summed E-state index contributed by atoms with van der Waals surface area (Å²) in [5.41, 5.74) is 0.998. The lowest BCUT2D eigenvalue weighted by Gasteiger charge is -2.14. The van der Waals surface area contributed by atoms with Gasteiger partial charge in [0.1, 0.15) is 17.1 Å². The molecule has 112 valence electrons. The average Bonchev–Trinajstić information content (AvgIpc) is 3.03. The molecule has 0 saturated carbocycles. The molecule has 2 rings (SSSR count). The number of carbonyl (C=O) groups is 2. The lowest BCUT2D eigenvalue weighted by Crippen LogP contribution is -2.25. The third kappa shape index (κ3) is 3.54. The number of amides is 1. The maximum Gasteiger partial charge on any atom is 0.341 e. The van der Waals surface area contributed by atoms with Gasteiger partial charge >= 0.3 is 5.97 Å². The van der Waals surface area contributed by atoms with E-state index in [1.165, 1.54) is 23.3 Å². The van der Waals surface area contributed by atoms with E-state index in [1.54, 1.807) is 31.5 Å². The molecule has 0 bridgehead atoms.